The highest BCUT2D eigenvalue weighted by molar-refractivity contribution is 7.90. The number of rotatable bonds is 10. The van der Waals surface area contributed by atoms with Crippen LogP contribution in [0.15, 0.2) is 77.8 Å². The van der Waals surface area contributed by atoms with E-state index in [1.165, 1.54) is 36.5 Å². The lowest BCUT2D eigenvalue weighted by Crippen LogP contribution is -2.44. The van der Waals surface area contributed by atoms with Crippen molar-refractivity contribution < 1.29 is 27.8 Å². The van der Waals surface area contributed by atoms with Gasteiger partial charge in [0.1, 0.15) is 28.5 Å². The van der Waals surface area contributed by atoms with E-state index in [-0.39, 0.29) is 34.0 Å². The maximum Gasteiger partial charge on any atom is 0.283 e. The molecule has 0 radical (unpaired) electrons. The number of phenolic OH excluding ortho intramolecular Hbond substituents is 1. The van der Waals surface area contributed by atoms with Gasteiger partial charge in [-0.1, -0.05) is 29.8 Å². The first-order valence-electron chi connectivity index (χ1n) is 15.2. The zero-order valence-corrected chi connectivity index (χ0v) is 26.5. The van der Waals surface area contributed by atoms with Crippen LogP contribution in [-0.4, -0.2) is 84.1 Å². The van der Waals surface area contributed by atoms with Crippen molar-refractivity contribution in [1.82, 2.24) is 19.1 Å². The van der Waals surface area contributed by atoms with Gasteiger partial charge in [-0.15, -0.1) is 0 Å². The lowest BCUT2D eigenvalue weighted by molar-refractivity contribution is 0.252. The number of aliphatic hydroxyl groups excluding tert-OH is 1. The molecule has 12 heteroatoms. The Balaban J connectivity index is 1.53. The molecule has 1 aliphatic rings. The van der Waals surface area contributed by atoms with E-state index in [1.54, 1.807) is 18.2 Å². The SMILES string of the molecule is Cc1ccc(S(=O)(=O)n2nc(-c3ccc(N4CCN(C)CC4)c(OCCCCO)c3)c3cc(-c4c(O)cccc4F)ncc32)cc1. The first kappa shape index (κ1) is 31.5. The number of hydrogen-bond donors (Lipinski definition) is 2. The fourth-order valence-corrected chi connectivity index (χ4v) is 6.85. The monoisotopic (exact) mass is 645 g/mol. The van der Waals surface area contributed by atoms with Crippen LogP contribution in [0.1, 0.15) is 18.4 Å². The van der Waals surface area contributed by atoms with Crippen LogP contribution in [0.5, 0.6) is 11.5 Å². The zero-order chi connectivity index (χ0) is 32.4. The molecule has 0 amide bonds. The number of piperazine rings is 1. The van der Waals surface area contributed by atoms with Crippen molar-refractivity contribution in [3.63, 3.8) is 0 Å². The summed E-state index contributed by atoms with van der Waals surface area (Å²) in [6.45, 7) is 5.76. The Morgan fingerprint density at radius 3 is 2.46 bits per heavy atom. The van der Waals surface area contributed by atoms with Crippen LogP contribution in [0, 0.1) is 12.7 Å². The number of benzene rings is 3. The predicted octanol–water partition coefficient (Wildman–Crippen LogP) is 5.06. The van der Waals surface area contributed by atoms with Crippen LogP contribution in [0.2, 0.25) is 0 Å². The standard InChI is InChI=1S/C34H36FN5O5S/c1-23-8-11-25(12-9-23)46(43,44)40-30-22-36-28(33-27(35)6-5-7-31(33)42)21-26(30)34(37-40)24-10-13-29(39-16-14-38(2)15-17-39)32(20-24)45-19-4-3-18-41/h5-13,20-22,41-42H,3-4,14-19H2,1-2H3. The molecule has 0 aliphatic carbocycles. The fourth-order valence-electron chi connectivity index (χ4n) is 5.58. The summed E-state index contributed by atoms with van der Waals surface area (Å²) in [6, 6.07) is 17.7. The number of pyridine rings is 1. The van der Waals surface area contributed by atoms with Gasteiger partial charge in [0.2, 0.25) is 0 Å². The van der Waals surface area contributed by atoms with Crippen LogP contribution in [0.3, 0.4) is 0 Å². The lowest BCUT2D eigenvalue weighted by Gasteiger charge is -2.35. The summed E-state index contributed by atoms with van der Waals surface area (Å²) in [7, 11) is -2.06. The smallest absolute Gasteiger partial charge is 0.283 e. The number of likely N-dealkylation sites (N-methyl/N-ethyl adjacent to an activating group) is 1. The topological polar surface area (TPSA) is 121 Å². The summed E-state index contributed by atoms with van der Waals surface area (Å²) >= 11 is 0. The molecule has 2 N–H and O–H groups in total. The van der Waals surface area contributed by atoms with Crippen molar-refractivity contribution in [3.8, 4) is 34.0 Å². The third kappa shape index (κ3) is 6.15. The summed E-state index contributed by atoms with van der Waals surface area (Å²) < 4.78 is 50.0. The van der Waals surface area contributed by atoms with Crippen molar-refractivity contribution in [2.75, 3.05) is 51.3 Å². The van der Waals surface area contributed by atoms with E-state index in [4.69, 9.17) is 4.74 Å². The second-order valence-corrected chi connectivity index (χ2v) is 13.2. The summed E-state index contributed by atoms with van der Waals surface area (Å²) in [5.41, 5.74) is 2.98. The Morgan fingerprint density at radius 2 is 1.74 bits per heavy atom. The number of hydrogen-bond acceptors (Lipinski definition) is 9. The number of aromatic hydroxyl groups is 1. The van der Waals surface area contributed by atoms with Crippen LogP contribution in [0.25, 0.3) is 33.4 Å². The van der Waals surface area contributed by atoms with E-state index in [0.29, 0.717) is 41.8 Å². The van der Waals surface area contributed by atoms with Crippen molar-refractivity contribution in [2.24, 2.45) is 0 Å². The predicted molar refractivity (Wildman–Crippen MR) is 175 cm³/mol. The highest BCUT2D eigenvalue weighted by atomic mass is 32.2. The largest absolute Gasteiger partial charge is 0.507 e. The van der Waals surface area contributed by atoms with Crippen LogP contribution < -0.4 is 9.64 Å². The molecule has 3 aromatic carbocycles. The normalized spacial score (nSPS) is 14.2. The molecule has 10 nitrogen and oxygen atoms in total. The highest BCUT2D eigenvalue weighted by Gasteiger charge is 2.26. The van der Waals surface area contributed by atoms with E-state index in [2.05, 4.69) is 26.9 Å². The van der Waals surface area contributed by atoms with Gasteiger partial charge in [0.15, 0.2) is 0 Å². The fraction of sp³-hybridized carbons (Fsp3) is 0.294. The molecular weight excluding hydrogens is 609 g/mol. The Hall–Kier alpha value is -4.52. The van der Waals surface area contributed by atoms with Crippen LogP contribution in [0.4, 0.5) is 10.1 Å². The number of fused-ring (bicyclic) bond motifs is 1. The first-order chi connectivity index (χ1) is 22.2. The van der Waals surface area contributed by atoms with Gasteiger partial charge in [0.05, 0.1) is 34.6 Å². The van der Waals surface area contributed by atoms with Gasteiger partial charge < -0.3 is 24.7 Å². The van der Waals surface area contributed by atoms with Crippen LogP contribution in [-0.2, 0) is 10.0 Å². The Morgan fingerprint density at radius 1 is 0.978 bits per heavy atom. The van der Waals surface area contributed by atoms with E-state index in [9.17, 15) is 23.0 Å². The molecule has 2 aromatic heterocycles. The molecule has 1 aliphatic heterocycles. The Kier molecular flexibility index (Phi) is 8.94. The molecule has 3 heterocycles. The molecule has 46 heavy (non-hydrogen) atoms. The molecule has 1 fully saturated rings. The summed E-state index contributed by atoms with van der Waals surface area (Å²) in [4.78, 5) is 8.94. The third-order valence-electron chi connectivity index (χ3n) is 8.22. The van der Waals surface area contributed by atoms with E-state index in [0.717, 1.165) is 41.5 Å². The molecule has 0 saturated carbocycles. The minimum Gasteiger partial charge on any atom is -0.507 e. The summed E-state index contributed by atoms with van der Waals surface area (Å²) in [5.74, 6) is -0.337. The third-order valence-corrected chi connectivity index (χ3v) is 9.82. The van der Waals surface area contributed by atoms with E-state index < -0.39 is 15.8 Å². The molecule has 0 bridgehead atoms. The molecular formula is C34H36FN5O5S. The average Bonchev–Trinajstić information content (AvgIpc) is 3.44. The minimum atomic E-state index is -4.15. The minimum absolute atomic E-state index is 0.0585. The number of phenols is 1. The second-order valence-electron chi connectivity index (χ2n) is 11.5. The number of nitrogens with zero attached hydrogens (tertiary/aromatic N) is 5. The van der Waals surface area contributed by atoms with Crippen LogP contribution >= 0.6 is 0 Å². The molecule has 6 rings (SSSR count). The van der Waals surface area contributed by atoms with E-state index >= 15 is 0 Å². The quantitative estimate of drug-likeness (QED) is 0.201. The number of aliphatic hydroxyl groups is 1. The lowest BCUT2D eigenvalue weighted by atomic mass is 10.0. The number of halogens is 1. The second kappa shape index (κ2) is 13.1. The van der Waals surface area contributed by atoms with Crippen molar-refractivity contribution in [2.45, 2.75) is 24.7 Å². The number of aryl methyl sites for hydroxylation is 1. The van der Waals surface area contributed by atoms with Gasteiger partial charge in [-0.25, -0.2) is 4.39 Å². The Labute approximate surface area is 267 Å². The van der Waals surface area contributed by atoms with Gasteiger partial charge in [-0.3, -0.25) is 4.98 Å². The number of ether oxygens (including phenoxy) is 1. The summed E-state index contributed by atoms with van der Waals surface area (Å²) in [6.07, 6.45) is 2.61. The van der Waals surface area contributed by atoms with Crippen molar-refractivity contribution in [3.05, 3.63) is 84.3 Å². The zero-order valence-electron chi connectivity index (χ0n) is 25.7. The highest BCUT2D eigenvalue weighted by Crippen LogP contribution is 2.39. The molecule has 240 valence electrons. The number of aromatic nitrogens is 3. The van der Waals surface area contributed by atoms with Crippen molar-refractivity contribution in [1.29, 1.82) is 0 Å². The van der Waals surface area contributed by atoms with Crippen molar-refractivity contribution >= 4 is 26.6 Å². The molecule has 0 spiro atoms. The first-order valence-corrected chi connectivity index (χ1v) is 16.6. The van der Waals surface area contributed by atoms with Gasteiger partial charge >= 0.3 is 0 Å². The van der Waals surface area contributed by atoms with Gasteiger partial charge in [-0.2, -0.15) is 17.6 Å². The van der Waals surface area contributed by atoms with E-state index in [1.807, 2.05) is 25.1 Å². The molecule has 0 unspecified atom stereocenters. The molecule has 0 atom stereocenters. The number of anilines is 1. The average molecular weight is 646 g/mol. The van der Waals surface area contributed by atoms with Gasteiger partial charge in [-0.05, 0) is 69.3 Å². The maximum absolute atomic E-state index is 14.9. The Bertz CT molecular complexity index is 1950. The molecule has 1 saturated heterocycles. The molecule has 5 aromatic rings. The maximum atomic E-state index is 14.9. The number of unbranched alkanes of at least 4 members (excludes halogenated alkanes) is 1. The van der Waals surface area contributed by atoms with Gasteiger partial charge in [0, 0.05) is 43.7 Å². The summed E-state index contributed by atoms with van der Waals surface area (Å²) in [5, 5.41) is 24.8. The van der Waals surface area contributed by atoms with Gasteiger partial charge in [0.25, 0.3) is 10.0 Å².